The van der Waals surface area contributed by atoms with Gasteiger partial charge < -0.3 is 5.11 Å². The van der Waals surface area contributed by atoms with Crippen molar-refractivity contribution in [1.29, 1.82) is 0 Å². The zero-order valence-electron chi connectivity index (χ0n) is 5.98. The lowest BCUT2D eigenvalue weighted by molar-refractivity contribution is 0.0691. The fourth-order valence-electron chi connectivity index (χ4n) is 0.961. The van der Waals surface area contributed by atoms with Crippen molar-refractivity contribution < 1.29 is 9.90 Å². The van der Waals surface area contributed by atoms with E-state index in [2.05, 4.69) is 15.2 Å². The molecule has 0 bridgehead atoms. The summed E-state index contributed by atoms with van der Waals surface area (Å²) in [6.45, 7) is 0. The highest BCUT2D eigenvalue weighted by Crippen LogP contribution is 2.09. The second-order valence-corrected chi connectivity index (χ2v) is 2.32. The molecule has 0 aliphatic heterocycles. The monoisotopic (exact) mass is 163 g/mol. The lowest BCUT2D eigenvalue weighted by atomic mass is 10.3. The zero-order chi connectivity index (χ0) is 8.55. The van der Waals surface area contributed by atoms with Crippen molar-refractivity contribution in [3.63, 3.8) is 0 Å². The van der Waals surface area contributed by atoms with Crippen LogP contribution in [0.4, 0.5) is 0 Å². The molecule has 0 saturated heterocycles. The number of carbonyl (C=O) groups is 1. The van der Waals surface area contributed by atoms with Crippen LogP contribution in [0, 0.1) is 0 Å². The predicted molar refractivity (Wildman–Crippen MR) is 40.8 cm³/mol. The molecule has 2 rings (SSSR count). The first-order valence-electron chi connectivity index (χ1n) is 3.30. The lowest BCUT2D eigenvalue weighted by Crippen LogP contribution is -1.98. The van der Waals surface area contributed by atoms with Gasteiger partial charge in [0.15, 0.2) is 0 Å². The minimum absolute atomic E-state index is 0.0314. The third-order valence-corrected chi connectivity index (χ3v) is 1.54. The topological polar surface area (TPSA) is 78.9 Å². The molecule has 2 aromatic rings. The van der Waals surface area contributed by atoms with E-state index in [1.807, 2.05) is 0 Å². The maximum Gasteiger partial charge on any atom is 0.354 e. The minimum atomic E-state index is -1.03. The normalized spacial score (nSPS) is 10.3. The van der Waals surface area contributed by atoms with E-state index in [0.29, 0.717) is 5.52 Å². The van der Waals surface area contributed by atoms with Gasteiger partial charge in [-0.25, -0.2) is 9.78 Å². The third kappa shape index (κ3) is 0.914. The number of aromatic amines is 1. The van der Waals surface area contributed by atoms with Crippen LogP contribution in [-0.4, -0.2) is 26.3 Å². The largest absolute Gasteiger partial charge is 0.477 e. The number of rotatable bonds is 1. The van der Waals surface area contributed by atoms with E-state index in [1.165, 1.54) is 12.3 Å². The first-order valence-corrected chi connectivity index (χ1v) is 3.30. The van der Waals surface area contributed by atoms with Crippen molar-refractivity contribution >= 4 is 16.9 Å². The van der Waals surface area contributed by atoms with E-state index in [9.17, 15) is 4.79 Å². The van der Waals surface area contributed by atoms with E-state index in [-0.39, 0.29) is 5.69 Å². The van der Waals surface area contributed by atoms with Gasteiger partial charge in [-0.15, -0.1) is 0 Å². The van der Waals surface area contributed by atoms with Crippen molar-refractivity contribution in [1.82, 2.24) is 15.2 Å². The average molecular weight is 163 g/mol. The molecular formula is C7H5N3O2. The third-order valence-electron chi connectivity index (χ3n) is 1.54. The van der Waals surface area contributed by atoms with Crippen molar-refractivity contribution in [3.8, 4) is 0 Å². The molecule has 0 unspecified atom stereocenters. The number of pyridine rings is 1. The maximum absolute atomic E-state index is 10.5. The van der Waals surface area contributed by atoms with Crippen LogP contribution in [0.5, 0.6) is 0 Å². The first-order chi connectivity index (χ1) is 5.77. The van der Waals surface area contributed by atoms with Gasteiger partial charge in [-0.05, 0) is 6.07 Å². The highest BCUT2D eigenvalue weighted by molar-refractivity contribution is 5.90. The standard InChI is InChI=1S/C7H5N3O2/c11-7(12)5-1-4-2-9-10-6(4)3-8-5/h1-3H,(H,9,10)(H,11,12). The minimum Gasteiger partial charge on any atom is -0.477 e. The van der Waals surface area contributed by atoms with Gasteiger partial charge in [0, 0.05) is 11.6 Å². The predicted octanol–water partition coefficient (Wildman–Crippen LogP) is 0.656. The van der Waals surface area contributed by atoms with Crippen molar-refractivity contribution in [2.45, 2.75) is 0 Å². The Morgan fingerprint density at radius 2 is 2.42 bits per heavy atom. The summed E-state index contributed by atoms with van der Waals surface area (Å²) in [5.74, 6) is -1.03. The van der Waals surface area contributed by atoms with Crippen LogP contribution in [0.15, 0.2) is 18.5 Å². The summed E-state index contributed by atoms with van der Waals surface area (Å²) >= 11 is 0. The van der Waals surface area contributed by atoms with Gasteiger partial charge in [0.1, 0.15) is 11.2 Å². The fourth-order valence-corrected chi connectivity index (χ4v) is 0.961. The molecule has 2 heterocycles. The van der Waals surface area contributed by atoms with Crippen LogP contribution < -0.4 is 0 Å². The molecule has 60 valence electrons. The quantitative estimate of drug-likeness (QED) is 0.647. The molecule has 2 aromatic heterocycles. The zero-order valence-corrected chi connectivity index (χ0v) is 5.98. The maximum atomic E-state index is 10.5. The first kappa shape index (κ1) is 6.78. The number of aromatic nitrogens is 3. The summed E-state index contributed by atoms with van der Waals surface area (Å²) in [4.78, 5) is 14.2. The molecule has 12 heavy (non-hydrogen) atoms. The molecule has 0 spiro atoms. The molecule has 0 fully saturated rings. The number of H-pyrrole nitrogens is 1. The van der Waals surface area contributed by atoms with Crippen LogP contribution in [0.25, 0.3) is 10.9 Å². The van der Waals surface area contributed by atoms with Gasteiger partial charge in [-0.3, -0.25) is 5.10 Å². The number of carboxylic acid groups (broad SMARTS) is 1. The SMILES string of the molecule is O=C(O)c1cc2c[nH]nc2cn1. The summed E-state index contributed by atoms with van der Waals surface area (Å²) in [5.41, 5.74) is 0.698. The van der Waals surface area contributed by atoms with Gasteiger partial charge in [0.25, 0.3) is 0 Å². The Bertz CT molecular complexity index is 435. The van der Waals surface area contributed by atoms with Crippen LogP contribution in [0.2, 0.25) is 0 Å². The van der Waals surface area contributed by atoms with Crippen LogP contribution in [0.3, 0.4) is 0 Å². The molecule has 0 radical (unpaired) electrons. The Balaban J connectivity index is 2.68. The van der Waals surface area contributed by atoms with Gasteiger partial charge >= 0.3 is 5.97 Å². The second kappa shape index (κ2) is 2.30. The number of carboxylic acids is 1. The number of hydrogen-bond acceptors (Lipinski definition) is 3. The molecule has 5 heteroatoms. The second-order valence-electron chi connectivity index (χ2n) is 2.32. The number of nitrogens with one attached hydrogen (secondary N) is 1. The summed E-state index contributed by atoms with van der Waals surface area (Å²) in [6.07, 6.45) is 3.05. The lowest BCUT2D eigenvalue weighted by Gasteiger charge is -1.90. The number of aromatic carboxylic acids is 1. The summed E-state index contributed by atoms with van der Waals surface area (Å²) < 4.78 is 0. The van der Waals surface area contributed by atoms with E-state index >= 15 is 0 Å². The molecule has 0 aromatic carbocycles. The Labute approximate surface area is 67.1 Å². The van der Waals surface area contributed by atoms with Crippen molar-refractivity contribution in [2.24, 2.45) is 0 Å². The Morgan fingerprint density at radius 3 is 3.17 bits per heavy atom. The number of nitrogens with zero attached hydrogens (tertiary/aromatic N) is 2. The number of fused-ring (bicyclic) bond motifs is 1. The van der Waals surface area contributed by atoms with Crippen molar-refractivity contribution in [3.05, 3.63) is 24.2 Å². The molecule has 5 nitrogen and oxygen atoms in total. The van der Waals surface area contributed by atoms with Gasteiger partial charge in [-0.2, -0.15) is 5.10 Å². The smallest absolute Gasteiger partial charge is 0.354 e. The molecular weight excluding hydrogens is 158 g/mol. The molecule has 0 saturated carbocycles. The van der Waals surface area contributed by atoms with Gasteiger partial charge in [-0.1, -0.05) is 0 Å². The van der Waals surface area contributed by atoms with Gasteiger partial charge in [0.05, 0.1) is 6.20 Å². The Morgan fingerprint density at radius 1 is 1.58 bits per heavy atom. The van der Waals surface area contributed by atoms with Crippen LogP contribution in [0.1, 0.15) is 10.5 Å². The number of hydrogen-bond donors (Lipinski definition) is 2. The highest BCUT2D eigenvalue weighted by Gasteiger charge is 2.05. The molecule has 0 amide bonds. The molecule has 2 N–H and O–H groups in total. The van der Waals surface area contributed by atoms with Crippen molar-refractivity contribution in [2.75, 3.05) is 0 Å². The van der Waals surface area contributed by atoms with E-state index in [0.717, 1.165) is 5.39 Å². The summed E-state index contributed by atoms with van der Waals surface area (Å²) in [6, 6.07) is 1.47. The molecule has 0 aliphatic carbocycles. The fraction of sp³-hybridized carbons (Fsp3) is 0. The van der Waals surface area contributed by atoms with Crippen LogP contribution in [-0.2, 0) is 0 Å². The molecule has 0 atom stereocenters. The van der Waals surface area contributed by atoms with E-state index in [4.69, 9.17) is 5.11 Å². The Hall–Kier alpha value is -1.91. The van der Waals surface area contributed by atoms with Gasteiger partial charge in [0.2, 0.25) is 0 Å². The van der Waals surface area contributed by atoms with E-state index < -0.39 is 5.97 Å². The average Bonchev–Trinajstić information content (AvgIpc) is 2.49. The molecule has 0 aliphatic rings. The highest BCUT2D eigenvalue weighted by atomic mass is 16.4. The summed E-state index contributed by atoms with van der Waals surface area (Å²) in [7, 11) is 0. The van der Waals surface area contributed by atoms with E-state index in [1.54, 1.807) is 6.20 Å². The Kier molecular flexibility index (Phi) is 1.30. The van der Waals surface area contributed by atoms with Crippen LogP contribution >= 0.6 is 0 Å². The summed E-state index contributed by atoms with van der Waals surface area (Å²) in [5, 5.41) is 15.8.